The summed E-state index contributed by atoms with van der Waals surface area (Å²) in [5.74, 6) is -0.0505. The van der Waals surface area contributed by atoms with Crippen molar-refractivity contribution in [3.63, 3.8) is 0 Å². The molecule has 1 heterocycles. The number of hydrogen-bond acceptors (Lipinski definition) is 4. The summed E-state index contributed by atoms with van der Waals surface area (Å²) in [5, 5.41) is 0.644. The van der Waals surface area contributed by atoms with Crippen molar-refractivity contribution in [1.29, 1.82) is 0 Å². The van der Waals surface area contributed by atoms with Gasteiger partial charge in [0.2, 0.25) is 5.88 Å². The van der Waals surface area contributed by atoms with Crippen LogP contribution in [0.2, 0.25) is 0 Å². The fourth-order valence-corrected chi connectivity index (χ4v) is 1.76. The molecule has 4 nitrogen and oxygen atoms in total. The molecule has 0 spiro atoms. The van der Waals surface area contributed by atoms with Crippen LogP contribution in [0.1, 0.15) is 0 Å². The largest absolute Gasteiger partial charge is 0.435 e. The highest BCUT2D eigenvalue weighted by atomic mass is 19.1. The van der Waals surface area contributed by atoms with Gasteiger partial charge >= 0.3 is 0 Å². The van der Waals surface area contributed by atoms with E-state index in [1.165, 1.54) is 18.5 Å². The second kappa shape index (κ2) is 4.53. The lowest BCUT2D eigenvalue weighted by Crippen LogP contribution is -1.94. The Morgan fingerprint density at radius 2 is 1.89 bits per heavy atom. The van der Waals surface area contributed by atoms with Crippen LogP contribution in [0.5, 0.6) is 11.6 Å². The number of hydrogen-bond donors (Lipinski definition) is 1. The molecule has 3 rings (SSSR count). The second-order valence-electron chi connectivity index (χ2n) is 3.99. The number of benzene rings is 2. The van der Waals surface area contributed by atoms with E-state index in [-0.39, 0.29) is 11.6 Å². The maximum absolute atomic E-state index is 13.6. The van der Waals surface area contributed by atoms with Crippen molar-refractivity contribution in [2.45, 2.75) is 0 Å². The van der Waals surface area contributed by atoms with Gasteiger partial charge < -0.3 is 10.5 Å². The molecule has 94 valence electrons. The van der Waals surface area contributed by atoms with Gasteiger partial charge in [-0.1, -0.05) is 12.1 Å². The molecule has 0 saturated carbocycles. The number of aromatic nitrogens is 2. The molecule has 0 atom stereocenters. The predicted molar refractivity (Wildman–Crippen MR) is 70.4 cm³/mol. The van der Waals surface area contributed by atoms with Crippen molar-refractivity contribution in [2.75, 3.05) is 5.73 Å². The lowest BCUT2D eigenvalue weighted by atomic mass is 10.2. The Morgan fingerprint density at radius 3 is 2.74 bits per heavy atom. The third kappa shape index (κ3) is 2.18. The maximum Gasteiger partial charge on any atom is 0.230 e. The molecular weight excluding hydrogens is 245 g/mol. The van der Waals surface area contributed by atoms with Gasteiger partial charge in [0, 0.05) is 5.69 Å². The monoisotopic (exact) mass is 255 g/mol. The normalized spacial score (nSPS) is 10.6. The average molecular weight is 255 g/mol. The Labute approximate surface area is 108 Å². The first-order valence-corrected chi connectivity index (χ1v) is 5.66. The summed E-state index contributed by atoms with van der Waals surface area (Å²) in [7, 11) is 0. The number of rotatable bonds is 2. The smallest absolute Gasteiger partial charge is 0.230 e. The summed E-state index contributed by atoms with van der Waals surface area (Å²) in [5.41, 5.74) is 6.99. The molecule has 0 bridgehead atoms. The number of fused-ring (bicyclic) bond motifs is 1. The molecule has 0 fully saturated rings. The first-order chi connectivity index (χ1) is 9.24. The Balaban J connectivity index is 2.10. The zero-order valence-corrected chi connectivity index (χ0v) is 9.88. The van der Waals surface area contributed by atoms with Crippen molar-refractivity contribution in [3.05, 3.63) is 54.6 Å². The number of para-hydroxylation sites is 1. The fraction of sp³-hybridized carbons (Fsp3) is 0. The van der Waals surface area contributed by atoms with Gasteiger partial charge in [0.25, 0.3) is 0 Å². The van der Waals surface area contributed by atoms with Gasteiger partial charge in [-0.25, -0.2) is 14.4 Å². The van der Waals surface area contributed by atoms with Crippen LogP contribution in [0.3, 0.4) is 0 Å². The Morgan fingerprint density at radius 1 is 1.05 bits per heavy atom. The van der Waals surface area contributed by atoms with Crippen LogP contribution in [0.4, 0.5) is 10.1 Å². The molecule has 0 aliphatic carbocycles. The van der Waals surface area contributed by atoms with Crippen molar-refractivity contribution in [1.82, 2.24) is 9.97 Å². The molecule has 0 radical (unpaired) electrons. The standard InChI is InChI=1S/C14H10FN3O/c15-11-3-1-2-4-13(11)19-14-10-7-9(16)5-6-12(10)17-8-18-14/h1-8H,16H2. The molecule has 1 aromatic heterocycles. The van der Waals surface area contributed by atoms with E-state index in [0.29, 0.717) is 16.6 Å². The third-order valence-electron chi connectivity index (χ3n) is 2.67. The van der Waals surface area contributed by atoms with Gasteiger partial charge in [0.15, 0.2) is 11.6 Å². The van der Waals surface area contributed by atoms with Crippen LogP contribution in [-0.2, 0) is 0 Å². The van der Waals surface area contributed by atoms with Crippen LogP contribution in [-0.4, -0.2) is 9.97 Å². The molecule has 0 unspecified atom stereocenters. The number of ether oxygens (including phenoxy) is 1. The lowest BCUT2D eigenvalue weighted by molar-refractivity contribution is 0.431. The van der Waals surface area contributed by atoms with Gasteiger partial charge in [0.05, 0.1) is 10.9 Å². The molecule has 0 aliphatic rings. The summed E-state index contributed by atoms with van der Waals surface area (Å²) >= 11 is 0. The minimum atomic E-state index is -0.446. The minimum Gasteiger partial charge on any atom is -0.435 e. The predicted octanol–water partition coefficient (Wildman–Crippen LogP) is 3.14. The molecule has 2 aromatic carbocycles. The van der Waals surface area contributed by atoms with Crippen molar-refractivity contribution in [2.24, 2.45) is 0 Å². The minimum absolute atomic E-state index is 0.116. The lowest BCUT2D eigenvalue weighted by Gasteiger charge is -2.08. The molecule has 19 heavy (non-hydrogen) atoms. The molecule has 0 amide bonds. The summed E-state index contributed by atoms with van der Waals surface area (Å²) in [4.78, 5) is 8.14. The topological polar surface area (TPSA) is 61.0 Å². The first-order valence-electron chi connectivity index (χ1n) is 5.66. The number of halogens is 1. The Bertz CT molecular complexity index is 746. The highest BCUT2D eigenvalue weighted by Gasteiger charge is 2.09. The Hall–Kier alpha value is -2.69. The van der Waals surface area contributed by atoms with Crippen LogP contribution in [0, 0.1) is 5.82 Å². The quantitative estimate of drug-likeness (QED) is 0.714. The fourth-order valence-electron chi connectivity index (χ4n) is 1.76. The van der Waals surface area contributed by atoms with Crippen LogP contribution in [0.15, 0.2) is 48.8 Å². The van der Waals surface area contributed by atoms with E-state index in [9.17, 15) is 4.39 Å². The van der Waals surface area contributed by atoms with Crippen molar-refractivity contribution >= 4 is 16.6 Å². The van der Waals surface area contributed by atoms with Crippen molar-refractivity contribution < 1.29 is 9.13 Å². The van der Waals surface area contributed by atoms with E-state index >= 15 is 0 Å². The number of anilines is 1. The highest BCUT2D eigenvalue weighted by Crippen LogP contribution is 2.29. The summed E-state index contributed by atoms with van der Waals surface area (Å²) in [6.07, 6.45) is 1.37. The van der Waals surface area contributed by atoms with Gasteiger partial charge in [-0.3, -0.25) is 0 Å². The van der Waals surface area contributed by atoms with E-state index < -0.39 is 5.82 Å². The van der Waals surface area contributed by atoms with Gasteiger partial charge in [-0.15, -0.1) is 0 Å². The summed E-state index contributed by atoms with van der Waals surface area (Å²) in [6, 6.07) is 11.4. The third-order valence-corrected chi connectivity index (χ3v) is 2.67. The molecular formula is C14H10FN3O. The zero-order valence-electron chi connectivity index (χ0n) is 9.88. The molecule has 5 heteroatoms. The molecule has 0 aliphatic heterocycles. The second-order valence-corrected chi connectivity index (χ2v) is 3.99. The molecule has 0 saturated heterocycles. The van der Waals surface area contributed by atoms with Gasteiger partial charge in [-0.05, 0) is 30.3 Å². The molecule has 3 aromatic rings. The van der Waals surface area contributed by atoms with Crippen LogP contribution < -0.4 is 10.5 Å². The van der Waals surface area contributed by atoms with E-state index in [4.69, 9.17) is 10.5 Å². The van der Waals surface area contributed by atoms with Crippen molar-refractivity contribution in [3.8, 4) is 11.6 Å². The van der Waals surface area contributed by atoms with E-state index in [1.807, 2.05) is 0 Å². The first kappa shape index (κ1) is 11.4. The van der Waals surface area contributed by atoms with E-state index in [1.54, 1.807) is 30.3 Å². The Kier molecular flexibility index (Phi) is 2.72. The zero-order chi connectivity index (χ0) is 13.2. The maximum atomic E-state index is 13.6. The van der Waals surface area contributed by atoms with Crippen LogP contribution >= 0.6 is 0 Å². The summed E-state index contributed by atoms with van der Waals surface area (Å²) < 4.78 is 19.1. The van der Waals surface area contributed by atoms with E-state index in [2.05, 4.69) is 9.97 Å². The SMILES string of the molecule is Nc1ccc2ncnc(Oc3ccccc3F)c2c1. The molecule has 2 N–H and O–H groups in total. The highest BCUT2D eigenvalue weighted by molar-refractivity contribution is 5.86. The number of nitrogens with zero attached hydrogens (tertiary/aromatic N) is 2. The van der Waals surface area contributed by atoms with Crippen LogP contribution in [0.25, 0.3) is 10.9 Å². The average Bonchev–Trinajstić information content (AvgIpc) is 2.42. The number of nitrogen functional groups attached to an aromatic ring is 1. The van der Waals surface area contributed by atoms with E-state index in [0.717, 1.165) is 0 Å². The number of nitrogens with two attached hydrogens (primary N) is 1. The van der Waals surface area contributed by atoms with Gasteiger partial charge in [-0.2, -0.15) is 0 Å². The summed E-state index contributed by atoms with van der Waals surface area (Å²) in [6.45, 7) is 0. The van der Waals surface area contributed by atoms with Gasteiger partial charge in [0.1, 0.15) is 6.33 Å².